The van der Waals surface area contributed by atoms with Gasteiger partial charge in [0, 0.05) is 19.4 Å². The molecule has 2 heterocycles. The van der Waals surface area contributed by atoms with Gasteiger partial charge in [0.2, 0.25) is 5.91 Å². The summed E-state index contributed by atoms with van der Waals surface area (Å²) >= 11 is 0. The molecule has 0 radical (unpaired) electrons. The molecule has 1 N–H and O–H groups in total. The molecule has 1 aliphatic heterocycles. The summed E-state index contributed by atoms with van der Waals surface area (Å²) in [5.41, 5.74) is 1.11. The first-order valence-electron chi connectivity index (χ1n) is 9.10. The summed E-state index contributed by atoms with van der Waals surface area (Å²) < 4.78 is 7.88. The molecule has 0 unspecified atom stereocenters. The van der Waals surface area contributed by atoms with Crippen LogP contribution >= 0.6 is 0 Å². The standard InChI is InChI=1S/C19H26N4O2/c1-15-8-4-5-9-16(15)25-13-7-11-19(24)20-14-18-22-21-17-10-3-2-6-12-23(17)18/h4-5,8-9H,2-3,6-7,10-14H2,1H3,(H,20,24). The molecule has 0 spiro atoms. The van der Waals surface area contributed by atoms with Crippen molar-refractivity contribution in [3.8, 4) is 5.75 Å². The molecule has 1 aromatic heterocycles. The van der Waals surface area contributed by atoms with Gasteiger partial charge in [0.15, 0.2) is 5.82 Å². The molecule has 0 atom stereocenters. The maximum Gasteiger partial charge on any atom is 0.220 e. The van der Waals surface area contributed by atoms with Crippen molar-refractivity contribution in [2.24, 2.45) is 0 Å². The number of fused-ring (bicyclic) bond motifs is 1. The molecule has 1 aromatic carbocycles. The molecule has 2 aromatic rings. The van der Waals surface area contributed by atoms with Crippen molar-refractivity contribution >= 4 is 5.91 Å². The number of para-hydroxylation sites is 1. The Hall–Kier alpha value is -2.37. The number of aryl methyl sites for hydroxylation is 2. The van der Waals surface area contributed by atoms with Crippen LogP contribution in [-0.4, -0.2) is 27.3 Å². The fourth-order valence-electron chi connectivity index (χ4n) is 3.08. The van der Waals surface area contributed by atoms with Gasteiger partial charge in [-0.15, -0.1) is 10.2 Å². The first kappa shape index (κ1) is 17.5. The number of carbonyl (C=O) groups excluding carboxylic acids is 1. The Kier molecular flexibility index (Phi) is 6.04. The lowest BCUT2D eigenvalue weighted by atomic mass is 10.2. The van der Waals surface area contributed by atoms with Crippen molar-refractivity contribution in [3.63, 3.8) is 0 Å². The van der Waals surface area contributed by atoms with E-state index < -0.39 is 0 Å². The van der Waals surface area contributed by atoms with Crippen molar-refractivity contribution < 1.29 is 9.53 Å². The molecule has 0 saturated carbocycles. The summed E-state index contributed by atoms with van der Waals surface area (Å²) in [6.45, 7) is 3.96. The third-order valence-corrected chi connectivity index (χ3v) is 4.53. The van der Waals surface area contributed by atoms with E-state index in [4.69, 9.17) is 4.74 Å². The number of rotatable bonds is 7. The molecular formula is C19H26N4O2. The Balaban J connectivity index is 1.39. The Bertz CT molecular complexity index is 711. The van der Waals surface area contributed by atoms with Gasteiger partial charge in [-0.3, -0.25) is 4.79 Å². The number of benzene rings is 1. The second-order valence-electron chi connectivity index (χ2n) is 6.49. The summed E-state index contributed by atoms with van der Waals surface area (Å²) in [6.07, 6.45) is 5.69. The number of hydrogen-bond acceptors (Lipinski definition) is 4. The Morgan fingerprint density at radius 1 is 1.24 bits per heavy atom. The smallest absolute Gasteiger partial charge is 0.220 e. The summed E-state index contributed by atoms with van der Waals surface area (Å²) in [7, 11) is 0. The van der Waals surface area contributed by atoms with E-state index >= 15 is 0 Å². The van der Waals surface area contributed by atoms with Gasteiger partial charge >= 0.3 is 0 Å². The zero-order valence-electron chi connectivity index (χ0n) is 14.8. The summed E-state index contributed by atoms with van der Waals surface area (Å²) in [5.74, 6) is 2.82. The Labute approximate surface area is 148 Å². The monoisotopic (exact) mass is 342 g/mol. The number of hydrogen-bond donors (Lipinski definition) is 1. The molecule has 6 nitrogen and oxygen atoms in total. The van der Waals surface area contributed by atoms with E-state index in [0.29, 0.717) is 26.0 Å². The van der Waals surface area contributed by atoms with Gasteiger partial charge in [-0.1, -0.05) is 24.6 Å². The van der Waals surface area contributed by atoms with E-state index in [9.17, 15) is 4.79 Å². The average molecular weight is 342 g/mol. The fraction of sp³-hybridized carbons (Fsp3) is 0.526. The predicted molar refractivity (Wildman–Crippen MR) is 95.3 cm³/mol. The molecule has 6 heteroatoms. The minimum absolute atomic E-state index is 0.0272. The number of nitrogens with one attached hydrogen (secondary N) is 1. The number of nitrogens with zero attached hydrogens (tertiary/aromatic N) is 3. The van der Waals surface area contributed by atoms with Crippen molar-refractivity contribution in [2.45, 2.75) is 58.5 Å². The van der Waals surface area contributed by atoms with Crippen LogP contribution in [0.15, 0.2) is 24.3 Å². The summed E-state index contributed by atoms with van der Waals surface area (Å²) in [5, 5.41) is 11.4. The zero-order chi connectivity index (χ0) is 17.5. The molecule has 134 valence electrons. The highest BCUT2D eigenvalue weighted by Crippen LogP contribution is 2.16. The van der Waals surface area contributed by atoms with Crippen LogP contribution in [0, 0.1) is 6.92 Å². The highest BCUT2D eigenvalue weighted by atomic mass is 16.5. The number of ether oxygens (including phenoxy) is 1. The van der Waals surface area contributed by atoms with Crippen LogP contribution in [0.5, 0.6) is 5.75 Å². The average Bonchev–Trinajstić information content (AvgIpc) is 2.85. The third kappa shape index (κ3) is 4.81. The number of carbonyl (C=O) groups is 1. The van der Waals surface area contributed by atoms with E-state index in [1.807, 2.05) is 31.2 Å². The van der Waals surface area contributed by atoms with Gasteiger partial charge in [0.1, 0.15) is 11.6 Å². The molecule has 1 amide bonds. The van der Waals surface area contributed by atoms with Crippen molar-refractivity contribution in [2.75, 3.05) is 6.61 Å². The SMILES string of the molecule is Cc1ccccc1OCCCC(=O)NCc1nnc2n1CCCCC2. The molecule has 0 fully saturated rings. The topological polar surface area (TPSA) is 69.0 Å². The van der Waals surface area contributed by atoms with Crippen molar-refractivity contribution in [1.82, 2.24) is 20.1 Å². The second kappa shape index (κ2) is 8.65. The van der Waals surface area contributed by atoms with Crippen LogP contribution in [0.4, 0.5) is 0 Å². The minimum atomic E-state index is 0.0272. The number of aromatic nitrogens is 3. The maximum atomic E-state index is 12.0. The highest BCUT2D eigenvalue weighted by molar-refractivity contribution is 5.75. The van der Waals surface area contributed by atoms with Gasteiger partial charge in [0.05, 0.1) is 13.2 Å². The lowest BCUT2D eigenvalue weighted by molar-refractivity contribution is -0.121. The lowest BCUT2D eigenvalue weighted by Gasteiger charge is -2.10. The van der Waals surface area contributed by atoms with Crippen LogP contribution in [0.25, 0.3) is 0 Å². The predicted octanol–water partition coefficient (Wildman–Crippen LogP) is 2.79. The van der Waals surface area contributed by atoms with Crippen LogP contribution in [0.2, 0.25) is 0 Å². The third-order valence-electron chi connectivity index (χ3n) is 4.53. The van der Waals surface area contributed by atoms with Gasteiger partial charge < -0.3 is 14.6 Å². The first-order chi connectivity index (χ1) is 12.2. The normalized spacial score (nSPS) is 13.8. The Morgan fingerprint density at radius 2 is 2.12 bits per heavy atom. The van der Waals surface area contributed by atoms with Crippen LogP contribution in [-0.2, 0) is 24.3 Å². The number of amides is 1. The van der Waals surface area contributed by atoms with Gasteiger partial charge in [-0.2, -0.15) is 0 Å². The maximum absolute atomic E-state index is 12.0. The van der Waals surface area contributed by atoms with Crippen molar-refractivity contribution in [1.29, 1.82) is 0 Å². The Morgan fingerprint density at radius 3 is 3.00 bits per heavy atom. The van der Waals surface area contributed by atoms with E-state index in [-0.39, 0.29) is 5.91 Å². The summed E-state index contributed by atoms with van der Waals surface area (Å²) in [4.78, 5) is 12.0. The highest BCUT2D eigenvalue weighted by Gasteiger charge is 2.15. The van der Waals surface area contributed by atoms with Crippen LogP contribution in [0.1, 0.15) is 49.3 Å². The summed E-state index contributed by atoms with van der Waals surface area (Å²) in [6, 6.07) is 7.91. The van der Waals surface area contributed by atoms with Crippen LogP contribution < -0.4 is 10.1 Å². The molecule has 0 bridgehead atoms. The van der Waals surface area contributed by atoms with E-state index in [1.54, 1.807) is 0 Å². The molecule has 25 heavy (non-hydrogen) atoms. The van der Waals surface area contributed by atoms with Gasteiger partial charge in [-0.05, 0) is 37.8 Å². The zero-order valence-corrected chi connectivity index (χ0v) is 14.8. The van der Waals surface area contributed by atoms with Crippen molar-refractivity contribution in [3.05, 3.63) is 41.5 Å². The fourth-order valence-corrected chi connectivity index (χ4v) is 3.08. The van der Waals surface area contributed by atoms with Gasteiger partial charge in [0.25, 0.3) is 0 Å². The molecule has 0 aliphatic carbocycles. The largest absolute Gasteiger partial charge is 0.493 e. The minimum Gasteiger partial charge on any atom is -0.493 e. The molecular weight excluding hydrogens is 316 g/mol. The van der Waals surface area contributed by atoms with E-state index in [0.717, 1.165) is 42.3 Å². The van der Waals surface area contributed by atoms with Gasteiger partial charge in [-0.25, -0.2) is 0 Å². The van der Waals surface area contributed by atoms with E-state index in [2.05, 4.69) is 20.1 Å². The molecule has 1 aliphatic rings. The molecule has 3 rings (SSSR count). The molecule has 0 saturated heterocycles. The van der Waals surface area contributed by atoms with Crippen LogP contribution in [0.3, 0.4) is 0 Å². The first-order valence-corrected chi connectivity index (χ1v) is 9.10. The lowest BCUT2D eigenvalue weighted by Crippen LogP contribution is -2.25. The quantitative estimate of drug-likeness (QED) is 0.786. The van der Waals surface area contributed by atoms with E-state index in [1.165, 1.54) is 12.8 Å². The second-order valence-corrected chi connectivity index (χ2v) is 6.49.